The van der Waals surface area contributed by atoms with E-state index in [1.165, 1.54) is 0 Å². The number of benzene rings is 1. The molecule has 1 rings (SSSR count). The highest BCUT2D eigenvalue weighted by Gasteiger charge is 2.08. The van der Waals surface area contributed by atoms with Crippen molar-refractivity contribution in [1.82, 2.24) is 10.6 Å². The summed E-state index contributed by atoms with van der Waals surface area (Å²) in [7, 11) is 1.77. The van der Waals surface area contributed by atoms with Crippen molar-refractivity contribution in [3.8, 4) is 0 Å². The molecule has 0 heterocycles. The number of amides is 1. The molecule has 24 heavy (non-hydrogen) atoms. The summed E-state index contributed by atoms with van der Waals surface area (Å²) in [5, 5.41) is 9.56. The van der Waals surface area contributed by atoms with Gasteiger partial charge >= 0.3 is 0 Å². The molecule has 0 saturated heterocycles. The summed E-state index contributed by atoms with van der Waals surface area (Å²) in [5.74, 6) is 1.40. The second kappa shape index (κ2) is 12.1. The van der Waals surface area contributed by atoms with Crippen molar-refractivity contribution in [2.75, 3.05) is 12.4 Å². The van der Waals surface area contributed by atoms with E-state index in [1.54, 1.807) is 7.05 Å². The van der Waals surface area contributed by atoms with Gasteiger partial charge in [-0.05, 0) is 37.0 Å². The molecule has 0 bridgehead atoms. The summed E-state index contributed by atoms with van der Waals surface area (Å²) < 4.78 is 0. The van der Waals surface area contributed by atoms with E-state index < -0.39 is 0 Å². The number of guanidine groups is 1. The van der Waals surface area contributed by atoms with Gasteiger partial charge in [0, 0.05) is 31.7 Å². The van der Waals surface area contributed by atoms with Gasteiger partial charge in [-0.1, -0.05) is 32.9 Å². The molecule has 136 valence electrons. The summed E-state index contributed by atoms with van der Waals surface area (Å²) in [6.07, 6.45) is 1.41. The zero-order valence-electron chi connectivity index (χ0n) is 15.3. The first-order valence-electron chi connectivity index (χ1n) is 8.32. The first-order chi connectivity index (χ1) is 11.0. The van der Waals surface area contributed by atoms with Crippen molar-refractivity contribution in [3.05, 3.63) is 29.8 Å². The number of aliphatic imine (C=N–C) groups is 1. The molecule has 0 spiro atoms. The Morgan fingerprint density at radius 2 is 1.79 bits per heavy atom. The molecular weight excluding hydrogens is 415 g/mol. The van der Waals surface area contributed by atoms with Gasteiger partial charge < -0.3 is 16.0 Å². The zero-order valence-corrected chi connectivity index (χ0v) is 17.7. The largest absolute Gasteiger partial charge is 0.354 e. The molecule has 6 heteroatoms. The van der Waals surface area contributed by atoms with E-state index in [2.05, 4.69) is 41.7 Å². The first kappa shape index (κ1) is 22.7. The molecule has 0 aromatic heterocycles. The van der Waals surface area contributed by atoms with Gasteiger partial charge in [-0.2, -0.15) is 0 Å². The average molecular weight is 446 g/mol. The van der Waals surface area contributed by atoms with Crippen molar-refractivity contribution in [1.29, 1.82) is 0 Å². The monoisotopic (exact) mass is 446 g/mol. The van der Waals surface area contributed by atoms with Crippen LogP contribution in [-0.2, 0) is 11.3 Å². The summed E-state index contributed by atoms with van der Waals surface area (Å²) >= 11 is 0. The van der Waals surface area contributed by atoms with Crippen LogP contribution in [-0.4, -0.2) is 25.0 Å². The van der Waals surface area contributed by atoms with Crippen LogP contribution in [0.5, 0.6) is 0 Å². The fraction of sp³-hybridized carbons (Fsp3) is 0.556. The minimum atomic E-state index is 0. The van der Waals surface area contributed by atoms with Gasteiger partial charge in [-0.15, -0.1) is 24.0 Å². The smallest absolute Gasteiger partial charge is 0.224 e. The molecule has 0 aliphatic rings. The maximum atomic E-state index is 11.6. The van der Waals surface area contributed by atoms with Crippen LogP contribution in [0.1, 0.15) is 46.1 Å². The molecule has 1 atom stereocenters. The van der Waals surface area contributed by atoms with Gasteiger partial charge in [0.25, 0.3) is 0 Å². The highest BCUT2D eigenvalue weighted by atomic mass is 127. The Bertz CT molecular complexity index is 514. The maximum absolute atomic E-state index is 11.6. The molecule has 3 N–H and O–H groups in total. The molecule has 0 aliphatic carbocycles. The van der Waals surface area contributed by atoms with E-state index in [4.69, 9.17) is 0 Å². The fourth-order valence-electron chi connectivity index (χ4n) is 1.92. The van der Waals surface area contributed by atoms with Crippen LogP contribution in [0, 0.1) is 5.92 Å². The lowest BCUT2D eigenvalue weighted by molar-refractivity contribution is -0.116. The van der Waals surface area contributed by atoms with Crippen LogP contribution in [0.15, 0.2) is 29.3 Å². The predicted molar refractivity (Wildman–Crippen MR) is 113 cm³/mol. The Morgan fingerprint density at radius 1 is 1.17 bits per heavy atom. The van der Waals surface area contributed by atoms with Crippen molar-refractivity contribution < 1.29 is 4.79 Å². The van der Waals surface area contributed by atoms with Crippen LogP contribution in [0.25, 0.3) is 0 Å². The number of carbonyl (C=O) groups is 1. The minimum Gasteiger partial charge on any atom is -0.354 e. The summed E-state index contributed by atoms with van der Waals surface area (Å²) in [5.41, 5.74) is 1.97. The molecule has 5 nitrogen and oxygen atoms in total. The fourth-order valence-corrected chi connectivity index (χ4v) is 1.92. The van der Waals surface area contributed by atoms with E-state index in [0.29, 0.717) is 24.9 Å². The van der Waals surface area contributed by atoms with Gasteiger partial charge in [0.05, 0.1) is 0 Å². The molecular formula is C18H31IN4O. The third-order valence-corrected chi connectivity index (χ3v) is 3.76. The van der Waals surface area contributed by atoms with Crippen LogP contribution in [0.3, 0.4) is 0 Å². The number of nitrogens with one attached hydrogen (secondary N) is 3. The molecule has 0 radical (unpaired) electrons. The Balaban J connectivity index is 0.00000529. The highest BCUT2D eigenvalue weighted by molar-refractivity contribution is 14.0. The Hall–Kier alpha value is -1.31. The van der Waals surface area contributed by atoms with Crippen LogP contribution in [0.2, 0.25) is 0 Å². The average Bonchev–Trinajstić information content (AvgIpc) is 2.52. The topological polar surface area (TPSA) is 65.5 Å². The number of carbonyl (C=O) groups excluding carboxylic acids is 1. The van der Waals surface area contributed by atoms with Gasteiger partial charge in [0.1, 0.15) is 0 Å². The molecule has 1 unspecified atom stereocenters. The van der Waals surface area contributed by atoms with Crippen LogP contribution < -0.4 is 16.0 Å². The van der Waals surface area contributed by atoms with E-state index in [0.717, 1.165) is 23.6 Å². The molecule has 1 amide bonds. The summed E-state index contributed by atoms with van der Waals surface area (Å²) in [6.45, 7) is 9.18. The predicted octanol–water partition coefficient (Wildman–Crippen LogP) is 3.75. The first-order valence-corrected chi connectivity index (χ1v) is 8.32. The molecule has 1 aromatic carbocycles. The lowest BCUT2D eigenvalue weighted by Crippen LogP contribution is -2.43. The van der Waals surface area contributed by atoms with Gasteiger partial charge in [0.2, 0.25) is 5.91 Å². The third-order valence-electron chi connectivity index (χ3n) is 3.76. The number of nitrogens with zero attached hydrogens (tertiary/aromatic N) is 1. The summed E-state index contributed by atoms with van der Waals surface area (Å²) in [4.78, 5) is 15.8. The number of rotatable bonds is 7. The SMILES string of the molecule is CCCC(=O)Nc1ccc(CNC(=NC)NC(C)C(C)C)cc1.I. The van der Waals surface area contributed by atoms with Gasteiger partial charge in [-0.3, -0.25) is 9.79 Å². The number of hydrogen-bond acceptors (Lipinski definition) is 2. The Kier molecular flexibility index (Phi) is 11.4. The minimum absolute atomic E-state index is 0. The number of hydrogen-bond donors (Lipinski definition) is 3. The van der Waals surface area contributed by atoms with Crippen LogP contribution >= 0.6 is 24.0 Å². The van der Waals surface area contributed by atoms with Gasteiger partial charge in [0.15, 0.2) is 5.96 Å². The molecule has 1 aromatic rings. The van der Waals surface area contributed by atoms with Crippen LogP contribution in [0.4, 0.5) is 5.69 Å². The number of anilines is 1. The zero-order chi connectivity index (χ0) is 17.2. The second-order valence-electron chi connectivity index (χ2n) is 6.10. The lowest BCUT2D eigenvalue weighted by atomic mass is 10.1. The normalized spacial score (nSPS) is 12.3. The van der Waals surface area contributed by atoms with E-state index in [1.807, 2.05) is 31.2 Å². The lowest BCUT2D eigenvalue weighted by Gasteiger charge is -2.20. The standard InChI is InChI=1S/C18H30N4O.HI/c1-6-7-17(23)22-16-10-8-15(9-11-16)12-20-18(19-5)21-14(4)13(2)3;/h8-11,13-14H,6-7,12H2,1-5H3,(H,22,23)(H2,19,20,21);1H. The van der Waals surface area contributed by atoms with E-state index >= 15 is 0 Å². The molecule has 0 aliphatic heterocycles. The molecule has 0 saturated carbocycles. The quantitative estimate of drug-likeness (QED) is 0.340. The van der Waals surface area contributed by atoms with E-state index in [9.17, 15) is 4.79 Å². The molecule has 0 fully saturated rings. The Morgan fingerprint density at radius 3 is 2.29 bits per heavy atom. The van der Waals surface area contributed by atoms with Crippen molar-refractivity contribution in [2.45, 2.75) is 53.1 Å². The second-order valence-corrected chi connectivity index (χ2v) is 6.10. The highest BCUT2D eigenvalue weighted by Crippen LogP contribution is 2.10. The Labute approximate surface area is 163 Å². The maximum Gasteiger partial charge on any atom is 0.224 e. The van der Waals surface area contributed by atoms with Gasteiger partial charge in [-0.25, -0.2) is 0 Å². The van der Waals surface area contributed by atoms with E-state index in [-0.39, 0.29) is 29.9 Å². The third kappa shape index (κ3) is 8.52. The summed E-state index contributed by atoms with van der Waals surface area (Å²) in [6, 6.07) is 8.23. The van der Waals surface area contributed by atoms with Crippen molar-refractivity contribution in [3.63, 3.8) is 0 Å². The van der Waals surface area contributed by atoms with Crippen molar-refractivity contribution >= 4 is 41.5 Å². The number of halogens is 1. The van der Waals surface area contributed by atoms with Crippen molar-refractivity contribution in [2.24, 2.45) is 10.9 Å².